The standard InChI is InChI=1S/C6H14N2O4/c7-1-3(9)5(11)2(8)6(12)4(1)10/h1-6,9-12H,7-8H2/t1?,2?,3-,4+,5+,6-. The molecule has 72 valence electrons. The predicted molar refractivity (Wildman–Crippen MR) is 40.0 cm³/mol. The Hall–Kier alpha value is -0.240. The van der Waals surface area contributed by atoms with Gasteiger partial charge in [0.15, 0.2) is 0 Å². The molecule has 6 nitrogen and oxygen atoms in total. The van der Waals surface area contributed by atoms with Crippen molar-refractivity contribution >= 4 is 0 Å². The molecule has 0 aromatic carbocycles. The molecule has 1 aliphatic carbocycles. The van der Waals surface area contributed by atoms with E-state index in [4.69, 9.17) is 11.5 Å². The maximum absolute atomic E-state index is 9.18. The molecule has 0 spiro atoms. The minimum Gasteiger partial charge on any atom is -0.389 e. The van der Waals surface area contributed by atoms with Gasteiger partial charge in [0.05, 0.1) is 36.5 Å². The number of aliphatic hydroxyl groups excluding tert-OH is 4. The molecule has 0 bridgehead atoms. The van der Waals surface area contributed by atoms with E-state index in [0.29, 0.717) is 0 Å². The van der Waals surface area contributed by atoms with Gasteiger partial charge in [-0.1, -0.05) is 0 Å². The van der Waals surface area contributed by atoms with Crippen molar-refractivity contribution in [3.8, 4) is 0 Å². The van der Waals surface area contributed by atoms with Crippen molar-refractivity contribution < 1.29 is 20.4 Å². The molecule has 2 unspecified atom stereocenters. The van der Waals surface area contributed by atoms with E-state index in [2.05, 4.69) is 0 Å². The Morgan fingerprint density at radius 2 is 0.750 bits per heavy atom. The lowest BCUT2D eigenvalue weighted by molar-refractivity contribution is -0.131. The van der Waals surface area contributed by atoms with Crippen LogP contribution in [0.15, 0.2) is 0 Å². The highest BCUT2D eigenvalue weighted by Crippen LogP contribution is 2.18. The summed E-state index contributed by atoms with van der Waals surface area (Å²) in [5.74, 6) is 0. The Morgan fingerprint density at radius 1 is 0.583 bits per heavy atom. The van der Waals surface area contributed by atoms with Crippen molar-refractivity contribution in [3.63, 3.8) is 0 Å². The molecule has 1 saturated carbocycles. The minimum atomic E-state index is -1.29. The van der Waals surface area contributed by atoms with E-state index in [1.165, 1.54) is 0 Å². The van der Waals surface area contributed by atoms with Gasteiger partial charge in [0, 0.05) is 0 Å². The highest BCUT2D eigenvalue weighted by Gasteiger charge is 2.45. The van der Waals surface area contributed by atoms with Crippen LogP contribution in [0.3, 0.4) is 0 Å². The summed E-state index contributed by atoms with van der Waals surface area (Å²) in [6.07, 6.45) is -5.17. The monoisotopic (exact) mass is 178 g/mol. The fourth-order valence-electron chi connectivity index (χ4n) is 1.31. The molecule has 0 aliphatic heterocycles. The maximum Gasteiger partial charge on any atom is 0.0992 e. The molecular weight excluding hydrogens is 164 g/mol. The second-order valence-electron chi connectivity index (χ2n) is 3.12. The zero-order chi connectivity index (χ0) is 9.46. The Kier molecular flexibility index (Phi) is 2.67. The van der Waals surface area contributed by atoms with Crippen LogP contribution in [-0.4, -0.2) is 56.9 Å². The van der Waals surface area contributed by atoms with Crippen molar-refractivity contribution in [1.82, 2.24) is 0 Å². The van der Waals surface area contributed by atoms with E-state index < -0.39 is 36.5 Å². The third-order valence-corrected chi connectivity index (χ3v) is 2.28. The normalized spacial score (nSPS) is 55.5. The number of rotatable bonds is 0. The summed E-state index contributed by atoms with van der Waals surface area (Å²) in [5, 5.41) is 36.7. The van der Waals surface area contributed by atoms with E-state index in [1.54, 1.807) is 0 Å². The molecule has 0 saturated heterocycles. The summed E-state index contributed by atoms with van der Waals surface area (Å²) in [6.45, 7) is 0. The molecule has 0 aromatic rings. The van der Waals surface area contributed by atoms with Crippen molar-refractivity contribution in [3.05, 3.63) is 0 Å². The zero-order valence-corrected chi connectivity index (χ0v) is 6.41. The lowest BCUT2D eigenvalue weighted by atomic mass is 9.82. The van der Waals surface area contributed by atoms with E-state index in [0.717, 1.165) is 0 Å². The molecule has 0 heterocycles. The first-order valence-electron chi connectivity index (χ1n) is 3.70. The number of hydrogen-bond donors (Lipinski definition) is 6. The summed E-state index contributed by atoms with van der Waals surface area (Å²) in [4.78, 5) is 0. The van der Waals surface area contributed by atoms with Gasteiger partial charge in [-0.2, -0.15) is 0 Å². The van der Waals surface area contributed by atoms with Crippen molar-refractivity contribution in [1.29, 1.82) is 0 Å². The first kappa shape index (κ1) is 9.85. The van der Waals surface area contributed by atoms with Crippen LogP contribution in [0.25, 0.3) is 0 Å². The van der Waals surface area contributed by atoms with Gasteiger partial charge in [0.25, 0.3) is 0 Å². The van der Waals surface area contributed by atoms with Gasteiger partial charge in [0.1, 0.15) is 0 Å². The van der Waals surface area contributed by atoms with Gasteiger partial charge in [-0.05, 0) is 0 Å². The largest absolute Gasteiger partial charge is 0.389 e. The predicted octanol–water partition coefficient (Wildman–Crippen LogP) is -3.90. The molecule has 1 fully saturated rings. The SMILES string of the molecule is NC1[C@@H](O)[C@@H](O)C(N)[C@@H](O)[C@H]1O. The van der Waals surface area contributed by atoms with Crippen LogP contribution in [-0.2, 0) is 0 Å². The molecule has 6 atom stereocenters. The average molecular weight is 178 g/mol. The van der Waals surface area contributed by atoms with Crippen LogP contribution in [0.1, 0.15) is 0 Å². The third kappa shape index (κ3) is 1.33. The highest BCUT2D eigenvalue weighted by molar-refractivity contribution is 5.02. The van der Waals surface area contributed by atoms with Crippen LogP contribution in [0, 0.1) is 0 Å². The topological polar surface area (TPSA) is 133 Å². The Bertz CT molecular complexity index is 109. The van der Waals surface area contributed by atoms with E-state index in [9.17, 15) is 20.4 Å². The lowest BCUT2D eigenvalue weighted by Gasteiger charge is -2.40. The maximum atomic E-state index is 9.18. The van der Waals surface area contributed by atoms with Gasteiger partial charge >= 0.3 is 0 Å². The highest BCUT2D eigenvalue weighted by atomic mass is 16.4. The molecule has 1 rings (SSSR count). The fourth-order valence-corrected chi connectivity index (χ4v) is 1.31. The molecular formula is C6H14N2O4. The summed E-state index contributed by atoms with van der Waals surface area (Å²) in [6, 6.07) is -2.12. The van der Waals surface area contributed by atoms with E-state index in [-0.39, 0.29) is 0 Å². The van der Waals surface area contributed by atoms with E-state index >= 15 is 0 Å². The van der Waals surface area contributed by atoms with E-state index in [1.807, 2.05) is 0 Å². The quantitative estimate of drug-likeness (QED) is 0.224. The van der Waals surface area contributed by atoms with Gasteiger partial charge in [-0.3, -0.25) is 0 Å². The van der Waals surface area contributed by atoms with Crippen LogP contribution >= 0.6 is 0 Å². The summed E-state index contributed by atoms with van der Waals surface area (Å²) >= 11 is 0. The van der Waals surface area contributed by atoms with Crippen LogP contribution in [0.4, 0.5) is 0 Å². The molecule has 12 heavy (non-hydrogen) atoms. The fraction of sp³-hybridized carbons (Fsp3) is 1.00. The molecule has 1 aliphatic rings. The van der Waals surface area contributed by atoms with Crippen LogP contribution in [0.2, 0.25) is 0 Å². The van der Waals surface area contributed by atoms with Crippen molar-refractivity contribution in [2.24, 2.45) is 11.5 Å². The summed E-state index contributed by atoms with van der Waals surface area (Å²) in [5.41, 5.74) is 10.6. The molecule has 6 heteroatoms. The molecule has 8 N–H and O–H groups in total. The number of nitrogens with two attached hydrogens (primary N) is 2. The average Bonchev–Trinajstić information content (AvgIpc) is 2.08. The second-order valence-corrected chi connectivity index (χ2v) is 3.12. The second kappa shape index (κ2) is 3.25. The van der Waals surface area contributed by atoms with Crippen molar-refractivity contribution in [2.45, 2.75) is 36.5 Å². The van der Waals surface area contributed by atoms with Gasteiger partial charge in [0.2, 0.25) is 0 Å². The number of hydrogen-bond acceptors (Lipinski definition) is 6. The first-order chi connectivity index (χ1) is 5.46. The summed E-state index contributed by atoms with van der Waals surface area (Å²) in [7, 11) is 0. The Morgan fingerprint density at radius 3 is 0.917 bits per heavy atom. The molecule has 0 amide bonds. The van der Waals surface area contributed by atoms with Gasteiger partial charge < -0.3 is 31.9 Å². The Balaban J connectivity index is 2.76. The van der Waals surface area contributed by atoms with Gasteiger partial charge in [-0.15, -0.1) is 0 Å². The zero-order valence-electron chi connectivity index (χ0n) is 6.41. The smallest absolute Gasteiger partial charge is 0.0992 e. The molecule has 0 aromatic heterocycles. The molecule has 0 radical (unpaired) electrons. The third-order valence-electron chi connectivity index (χ3n) is 2.28. The lowest BCUT2D eigenvalue weighted by Crippen LogP contribution is -2.68. The first-order valence-corrected chi connectivity index (χ1v) is 3.70. The Labute approximate surface area is 69.4 Å². The van der Waals surface area contributed by atoms with Crippen molar-refractivity contribution in [2.75, 3.05) is 0 Å². The minimum absolute atomic E-state index is 1.06. The van der Waals surface area contributed by atoms with Crippen LogP contribution < -0.4 is 11.5 Å². The summed E-state index contributed by atoms with van der Waals surface area (Å²) < 4.78 is 0. The number of aliphatic hydroxyl groups is 4. The van der Waals surface area contributed by atoms with Crippen LogP contribution in [0.5, 0.6) is 0 Å². The van der Waals surface area contributed by atoms with Gasteiger partial charge in [-0.25, -0.2) is 0 Å².